The molecule has 0 amide bonds. The van der Waals surface area contributed by atoms with Crippen LogP contribution in [0.4, 0.5) is 0 Å². The summed E-state index contributed by atoms with van der Waals surface area (Å²) in [5, 5.41) is 19.0. The largest absolute Gasteiger partial charge is 0.392 e. The fraction of sp³-hybridized carbons (Fsp3) is 0.458. The van der Waals surface area contributed by atoms with Crippen LogP contribution in [0.1, 0.15) is 51.9 Å². The molecule has 2 aromatic rings. The van der Waals surface area contributed by atoms with E-state index in [2.05, 4.69) is 35.2 Å². The molecule has 0 saturated carbocycles. The Morgan fingerprint density at radius 1 is 0.964 bits per heavy atom. The Morgan fingerprint density at radius 2 is 1.64 bits per heavy atom. The van der Waals surface area contributed by atoms with Crippen LogP contribution in [0.25, 0.3) is 0 Å². The second-order valence-electron chi connectivity index (χ2n) is 8.30. The van der Waals surface area contributed by atoms with Crippen molar-refractivity contribution in [3.63, 3.8) is 0 Å². The van der Waals surface area contributed by atoms with Gasteiger partial charge < -0.3 is 10.2 Å². The fourth-order valence-corrected chi connectivity index (χ4v) is 4.83. The summed E-state index contributed by atoms with van der Waals surface area (Å²) < 4.78 is 0. The lowest BCUT2D eigenvalue weighted by Gasteiger charge is -2.33. The van der Waals surface area contributed by atoms with Gasteiger partial charge in [0.05, 0.1) is 13.2 Å². The van der Waals surface area contributed by atoms with Crippen molar-refractivity contribution in [1.29, 1.82) is 0 Å². The summed E-state index contributed by atoms with van der Waals surface area (Å²) in [6.45, 7) is 2.96. The molecule has 4 nitrogen and oxygen atoms in total. The summed E-state index contributed by atoms with van der Waals surface area (Å²) in [6.07, 6.45) is 4.03. The standard InChI is InChI=1S/C24H29NO3/c26-15-21-12-19-11-20(24(28)23(19)13-22(21)16-27)10-17-6-8-25(9-7-17)14-18-4-2-1-3-5-18/h1-5,12-13,17,20,26-27H,6-11,14-16H2. The maximum absolute atomic E-state index is 12.9. The number of hydrogen-bond donors (Lipinski definition) is 2. The van der Waals surface area contributed by atoms with Gasteiger partial charge in [-0.3, -0.25) is 9.69 Å². The van der Waals surface area contributed by atoms with Gasteiger partial charge in [-0.15, -0.1) is 0 Å². The zero-order valence-electron chi connectivity index (χ0n) is 16.3. The van der Waals surface area contributed by atoms with Gasteiger partial charge in [0.2, 0.25) is 0 Å². The van der Waals surface area contributed by atoms with E-state index in [0.29, 0.717) is 11.5 Å². The number of fused-ring (bicyclic) bond motifs is 1. The number of Topliss-reactive ketones (excluding diaryl/α,β-unsaturated/α-hetero) is 1. The third kappa shape index (κ3) is 4.04. The molecule has 1 aliphatic carbocycles. The van der Waals surface area contributed by atoms with Crippen molar-refractivity contribution in [2.24, 2.45) is 11.8 Å². The number of nitrogens with zero attached hydrogens (tertiary/aromatic N) is 1. The van der Waals surface area contributed by atoms with Crippen LogP contribution >= 0.6 is 0 Å². The van der Waals surface area contributed by atoms with Gasteiger partial charge in [-0.25, -0.2) is 0 Å². The summed E-state index contributed by atoms with van der Waals surface area (Å²) in [6, 6.07) is 14.3. The number of ketones is 1. The topological polar surface area (TPSA) is 60.8 Å². The molecule has 2 aromatic carbocycles. The minimum atomic E-state index is -0.138. The van der Waals surface area contributed by atoms with Crippen molar-refractivity contribution < 1.29 is 15.0 Å². The summed E-state index contributed by atoms with van der Waals surface area (Å²) >= 11 is 0. The number of rotatable bonds is 6. The molecule has 1 unspecified atom stereocenters. The third-order valence-corrected chi connectivity index (χ3v) is 6.44. The van der Waals surface area contributed by atoms with Gasteiger partial charge in [-0.2, -0.15) is 0 Å². The highest BCUT2D eigenvalue weighted by Gasteiger charge is 2.34. The Hall–Kier alpha value is -2.01. The number of benzene rings is 2. The van der Waals surface area contributed by atoms with Crippen LogP contribution in [0.3, 0.4) is 0 Å². The summed E-state index contributed by atoms with van der Waals surface area (Å²) in [5.41, 5.74) is 4.57. The van der Waals surface area contributed by atoms with Crippen LogP contribution in [0.2, 0.25) is 0 Å². The van der Waals surface area contributed by atoms with Crippen LogP contribution in [0.5, 0.6) is 0 Å². The summed E-state index contributed by atoms with van der Waals surface area (Å²) in [5.74, 6) is 0.881. The number of carbonyl (C=O) groups excluding carboxylic acids is 1. The average Bonchev–Trinajstić information content (AvgIpc) is 3.03. The molecule has 2 N–H and O–H groups in total. The van der Waals surface area contributed by atoms with Gasteiger partial charge in [0.25, 0.3) is 0 Å². The van der Waals surface area contributed by atoms with Crippen LogP contribution in [0, 0.1) is 11.8 Å². The van der Waals surface area contributed by atoms with Crippen LogP contribution in [0.15, 0.2) is 42.5 Å². The SMILES string of the molecule is O=C1c2cc(CO)c(CO)cc2CC1CC1CCN(Cc2ccccc2)CC1. The zero-order valence-corrected chi connectivity index (χ0v) is 16.3. The highest BCUT2D eigenvalue weighted by molar-refractivity contribution is 6.02. The van der Waals surface area contributed by atoms with Gasteiger partial charge in [-0.05, 0) is 73.0 Å². The number of aliphatic hydroxyl groups excluding tert-OH is 2. The van der Waals surface area contributed by atoms with E-state index in [1.807, 2.05) is 6.07 Å². The number of carbonyl (C=O) groups is 1. The van der Waals surface area contributed by atoms with Crippen molar-refractivity contribution in [1.82, 2.24) is 4.90 Å². The quantitative estimate of drug-likeness (QED) is 0.808. The first-order valence-electron chi connectivity index (χ1n) is 10.3. The number of piperidine rings is 1. The van der Waals surface area contributed by atoms with Crippen molar-refractivity contribution in [3.05, 3.63) is 70.3 Å². The van der Waals surface area contributed by atoms with E-state index in [1.165, 1.54) is 5.56 Å². The molecule has 1 aliphatic heterocycles. The van der Waals surface area contributed by atoms with Crippen molar-refractivity contribution in [2.45, 2.75) is 45.4 Å². The average molecular weight is 380 g/mol. The Kier molecular flexibility index (Phi) is 5.90. The van der Waals surface area contributed by atoms with E-state index < -0.39 is 0 Å². The zero-order chi connectivity index (χ0) is 19.5. The first-order valence-corrected chi connectivity index (χ1v) is 10.3. The van der Waals surface area contributed by atoms with Gasteiger partial charge in [0.1, 0.15) is 0 Å². The minimum Gasteiger partial charge on any atom is -0.392 e. The van der Waals surface area contributed by atoms with E-state index in [-0.39, 0.29) is 24.9 Å². The molecule has 0 bridgehead atoms. The lowest BCUT2D eigenvalue weighted by atomic mass is 9.85. The molecule has 148 valence electrons. The lowest BCUT2D eigenvalue weighted by Crippen LogP contribution is -2.34. The highest BCUT2D eigenvalue weighted by atomic mass is 16.3. The Balaban J connectivity index is 1.34. The van der Waals surface area contributed by atoms with Gasteiger partial charge in [0.15, 0.2) is 5.78 Å². The van der Waals surface area contributed by atoms with E-state index in [0.717, 1.165) is 62.0 Å². The van der Waals surface area contributed by atoms with Gasteiger partial charge >= 0.3 is 0 Å². The molecule has 2 aliphatic rings. The molecule has 0 radical (unpaired) electrons. The third-order valence-electron chi connectivity index (χ3n) is 6.44. The summed E-state index contributed by atoms with van der Waals surface area (Å²) in [4.78, 5) is 15.4. The number of likely N-dealkylation sites (tertiary alicyclic amines) is 1. The normalized spacial score (nSPS) is 20.5. The smallest absolute Gasteiger partial charge is 0.166 e. The van der Waals surface area contributed by atoms with Crippen LogP contribution in [-0.2, 0) is 26.2 Å². The molecular formula is C24H29NO3. The molecule has 4 heteroatoms. The predicted molar refractivity (Wildman–Crippen MR) is 109 cm³/mol. The molecular weight excluding hydrogens is 350 g/mol. The van der Waals surface area contributed by atoms with Crippen LogP contribution in [-0.4, -0.2) is 34.0 Å². The molecule has 1 atom stereocenters. The first kappa shape index (κ1) is 19.3. The minimum absolute atomic E-state index is 0.0566. The maximum Gasteiger partial charge on any atom is 0.166 e. The lowest BCUT2D eigenvalue weighted by molar-refractivity contribution is 0.0895. The monoisotopic (exact) mass is 379 g/mol. The predicted octanol–water partition coefficient (Wildman–Crippen LogP) is 3.33. The Bertz CT molecular complexity index is 825. The van der Waals surface area contributed by atoms with Crippen molar-refractivity contribution in [3.8, 4) is 0 Å². The van der Waals surface area contributed by atoms with Crippen LogP contribution < -0.4 is 0 Å². The fourth-order valence-electron chi connectivity index (χ4n) is 4.83. The van der Waals surface area contributed by atoms with Gasteiger partial charge in [0, 0.05) is 18.0 Å². The number of hydrogen-bond acceptors (Lipinski definition) is 4. The maximum atomic E-state index is 12.9. The van der Waals surface area contributed by atoms with E-state index in [4.69, 9.17) is 0 Å². The van der Waals surface area contributed by atoms with E-state index >= 15 is 0 Å². The second kappa shape index (κ2) is 8.56. The van der Waals surface area contributed by atoms with Crippen molar-refractivity contribution >= 4 is 5.78 Å². The second-order valence-corrected chi connectivity index (χ2v) is 8.30. The molecule has 28 heavy (non-hydrogen) atoms. The molecule has 1 fully saturated rings. The molecule has 4 rings (SSSR count). The summed E-state index contributed by atoms with van der Waals surface area (Å²) in [7, 11) is 0. The highest BCUT2D eigenvalue weighted by Crippen LogP contribution is 2.35. The molecule has 1 saturated heterocycles. The van der Waals surface area contributed by atoms with Crippen molar-refractivity contribution in [2.75, 3.05) is 13.1 Å². The van der Waals surface area contributed by atoms with Gasteiger partial charge in [-0.1, -0.05) is 36.4 Å². The molecule has 0 aromatic heterocycles. The van der Waals surface area contributed by atoms with E-state index in [9.17, 15) is 15.0 Å². The Labute approximate surface area is 166 Å². The first-order chi connectivity index (χ1) is 13.7. The Morgan fingerprint density at radius 3 is 2.32 bits per heavy atom. The van der Waals surface area contributed by atoms with E-state index in [1.54, 1.807) is 6.07 Å². The molecule has 1 heterocycles. The number of aliphatic hydroxyl groups is 2. The molecule has 0 spiro atoms.